The van der Waals surface area contributed by atoms with Gasteiger partial charge < -0.3 is 18.3 Å². The van der Waals surface area contributed by atoms with Gasteiger partial charge in [0.25, 0.3) is 0 Å². The van der Waals surface area contributed by atoms with Gasteiger partial charge in [0.05, 0.1) is 11.0 Å². The van der Waals surface area contributed by atoms with Gasteiger partial charge in [-0.3, -0.25) is 0 Å². The molecule has 3 aromatic heterocycles. The number of nitrogens with zero attached hydrogens (tertiary/aromatic N) is 2. The fourth-order valence-corrected chi connectivity index (χ4v) is 8.90. The maximum atomic E-state index is 6.45. The van der Waals surface area contributed by atoms with E-state index in [9.17, 15) is 0 Å². The molecule has 9 aromatic carbocycles. The number of fused-ring (bicyclic) bond motifs is 9. The summed E-state index contributed by atoms with van der Waals surface area (Å²) in [5.74, 6) is 0. The molecule has 0 aliphatic heterocycles. The molecule has 0 N–H and O–H groups in total. The minimum Gasteiger partial charge on any atom is -0.456 e. The summed E-state index contributed by atoms with van der Waals surface area (Å²) in [4.78, 5) is 2.36. The number of anilines is 3. The molecule has 0 unspecified atom stereocenters. The van der Waals surface area contributed by atoms with E-state index in [1.807, 2.05) is 24.3 Å². The van der Waals surface area contributed by atoms with Gasteiger partial charge in [0.15, 0.2) is 0 Å². The van der Waals surface area contributed by atoms with E-state index in [2.05, 4.69) is 191 Å². The summed E-state index contributed by atoms with van der Waals surface area (Å²) in [6.07, 6.45) is 0. The molecule has 0 atom stereocenters. The number of hydrogen-bond acceptors (Lipinski definition) is 3. The molecule has 0 saturated carbocycles. The molecule has 12 rings (SSSR count). The van der Waals surface area contributed by atoms with E-state index < -0.39 is 0 Å². The van der Waals surface area contributed by atoms with Crippen LogP contribution in [0.3, 0.4) is 0 Å². The fourth-order valence-electron chi connectivity index (χ4n) is 8.90. The summed E-state index contributed by atoms with van der Waals surface area (Å²) in [6, 6.07) is 73.3. The smallest absolute Gasteiger partial charge is 0.143 e. The van der Waals surface area contributed by atoms with Crippen LogP contribution in [0.4, 0.5) is 17.1 Å². The Balaban J connectivity index is 1.03. The molecule has 4 nitrogen and oxygen atoms in total. The molecule has 4 heteroatoms. The van der Waals surface area contributed by atoms with Crippen molar-refractivity contribution in [1.29, 1.82) is 0 Å². The van der Waals surface area contributed by atoms with E-state index in [1.165, 1.54) is 16.3 Å². The zero-order chi connectivity index (χ0) is 38.2. The average molecular weight is 743 g/mol. The molecule has 0 aliphatic rings. The predicted octanol–water partition coefficient (Wildman–Crippen LogP) is 15.4. The number of rotatable bonds is 6. The summed E-state index contributed by atoms with van der Waals surface area (Å²) >= 11 is 0. The van der Waals surface area contributed by atoms with Crippen molar-refractivity contribution in [2.75, 3.05) is 4.90 Å². The Morgan fingerprint density at radius 3 is 1.76 bits per heavy atom. The van der Waals surface area contributed by atoms with Crippen molar-refractivity contribution < 1.29 is 8.83 Å². The van der Waals surface area contributed by atoms with Crippen LogP contribution < -0.4 is 4.90 Å². The Kier molecular flexibility index (Phi) is 7.20. The number of hydrogen-bond donors (Lipinski definition) is 0. The Hall–Kier alpha value is -7.82. The molecule has 3 heterocycles. The van der Waals surface area contributed by atoms with E-state index in [1.54, 1.807) is 0 Å². The Morgan fingerprint density at radius 1 is 0.328 bits per heavy atom. The standard InChI is InChI=1S/C54H34N2O2/c1-2-13-38(14-3-1)56-49-21-7-4-16-43(49)44-31-29-41(34-50(44)56)55(39-27-24-35(25-28-39)42-19-11-20-48-46-18-6-9-23-52(46)58-54(42)48)40-15-10-12-36(32-40)37-26-30-47-45-17-5-8-22-51(45)57-53(47)33-37/h1-34H. The first-order valence-electron chi connectivity index (χ1n) is 19.7. The number of furan rings is 2. The van der Waals surface area contributed by atoms with E-state index >= 15 is 0 Å². The van der Waals surface area contributed by atoms with Crippen LogP contribution in [-0.2, 0) is 0 Å². The lowest BCUT2D eigenvalue weighted by atomic mass is 10.0. The normalized spacial score (nSPS) is 11.8. The van der Waals surface area contributed by atoms with Crippen molar-refractivity contribution in [3.05, 3.63) is 206 Å². The van der Waals surface area contributed by atoms with Crippen molar-refractivity contribution in [2.24, 2.45) is 0 Å². The SMILES string of the molecule is c1ccc(-n2c3ccccc3c3ccc(N(c4ccc(-c5cccc6c5oc5ccccc56)cc4)c4cccc(-c5ccc6c(c5)oc5ccccc56)c4)cc32)cc1. The fraction of sp³-hybridized carbons (Fsp3) is 0. The zero-order valence-corrected chi connectivity index (χ0v) is 31.3. The lowest BCUT2D eigenvalue weighted by Crippen LogP contribution is -2.10. The van der Waals surface area contributed by atoms with Crippen LogP contribution in [0.2, 0.25) is 0 Å². The summed E-state index contributed by atoms with van der Waals surface area (Å²) in [6.45, 7) is 0. The van der Waals surface area contributed by atoms with Crippen LogP contribution in [-0.4, -0.2) is 4.57 Å². The summed E-state index contributed by atoms with van der Waals surface area (Å²) in [5, 5.41) is 6.95. The highest BCUT2D eigenvalue weighted by Gasteiger charge is 2.19. The van der Waals surface area contributed by atoms with Gasteiger partial charge in [-0.25, -0.2) is 0 Å². The first-order chi connectivity index (χ1) is 28.7. The van der Waals surface area contributed by atoms with Crippen molar-refractivity contribution in [3.8, 4) is 27.9 Å². The number of aromatic nitrogens is 1. The first kappa shape index (κ1) is 32.4. The lowest BCUT2D eigenvalue weighted by Gasteiger charge is -2.26. The molecule has 272 valence electrons. The van der Waals surface area contributed by atoms with Gasteiger partial charge in [-0.05, 0) is 95.6 Å². The third kappa shape index (κ3) is 5.09. The second-order valence-electron chi connectivity index (χ2n) is 14.9. The van der Waals surface area contributed by atoms with Crippen LogP contribution in [0.5, 0.6) is 0 Å². The van der Waals surface area contributed by atoms with Gasteiger partial charge in [-0.15, -0.1) is 0 Å². The highest BCUT2D eigenvalue weighted by atomic mass is 16.3. The molecule has 0 saturated heterocycles. The number of para-hydroxylation sites is 5. The average Bonchev–Trinajstić information content (AvgIpc) is 3.96. The molecule has 0 bridgehead atoms. The van der Waals surface area contributed by atoms with Crippen LogP contribution in [0.1, 0.15) is 0 Å². The minimum absolute atomic E-state index is 0.884. The van der Waals surface area contributed by atoms with Crippen molar-refractivity contribution in [3.63, 3.8) is 0 Å². The van der Waals surface area contributed by atoms with Gasteiger partial charge >= 0.3 is 0 Å². The largest absolute Gasteiger partial charge is 0.456 e. The topological polar surface area (TPSA) is 34.5 Å². The van der Waals surface area contributed by atoms with Crippen LogP contribution in [0.25, 0.3) is 93.6 Å². The highest BCUT2D eigenvalue weighted by Crippen LogP contribution is 2.43. The van der Waals surface area contributed by atoms with Crippen LogP contribution >= 0.6 is 0 Å². The maximum Gasteiger partial charge on any atom is 0.143 e. The van der Waals surface area contributed by atoms with Gasteiger partial charge in [-0.1, -0.05) is 127 Å². The Labute approximate surface area is 334 Å². The Morgan fingerprint density at radius 2 is 0.914 bits per heavy atom. The maximum absolute atomic E-state index is 6.45. The van der Waals surface area contributed by atoms with E-state index in [4.69, 9.17) is 8.83 Å². The second kappa shape index (κ2) is 12.9. The third-order valence-corrected chi connectivity index (χ3v) is 11.6. The summed E-state index contributed by atoms with van der Waals surface area (Å²) in [7, 11) is 0. The first-order valence-corrected chi connectivity index (χ1v) is 19.7. The molecular weight excluding hydrogens is 709 g/mol. The van der Waals surface area contributed by atoms with E-state index in [-0.39, 0.29) is 0 Å². The third-order valence-electron chi connectivity index (χ3n) is 11.6. The van der Waals surface area contributed by atoms with Gasteiger partial charge in [0.2, 0.25) is 0 Å². The molecule has 0 fully saturated rings. The van der Waals surface area contributed by atoms with Gasteiger partial charge in [0, 0.05) is 60.6 Å². The zero-order valence-electron chi connectivity index (χ0n) is 31.3. The van der Waals surface area contributed by atoms with Crippen LogP contribution in [0.15, 0.2) is 215 Å². The molecular formula is C54H34N2O2. The molecule has 12 aromatic rings. The number of benzene rings is 9. The molecule has 0 amide bonds. The molecule has 0 radical (unpaired) electrons. The monoisotopic (exact) mass is 742 g/mol. The molecule has 0 aliphatic carbocycles. The summed E-state index contributed by atoms with van der Waals surface area (Å²) in [5.41, 5.74) is 14.6. The van der Waals surface area contributed by atoms with Crippen molar-refractivity contribution in [1.82, 2.24) is 4.57 Å². The van der Waals surface area contributed by atoms with Crippen molar-refractivity contribution >= 4 is 82.7 Å². The van der Waals surface area contributed by atoms with Crippen LogP contribution in [0, 0.1) is 0 Å². The van der Waals surface area contributed by atoms with Gasteiger partial charge in [-0.2, -0.15) is 0 Å². The predicted molar refractivity (Wildman–Crippen MR) is 241 cm³/mol. The Bertz CT molecular complexity index is 3520. The molecule has 58 heavy (non-hydrogen) atoms. The second-order valence-corrected chi connectivity index (χ2v) is 14.9. The van der Waals surface area contributed by atoms with E-state index in [0.29, 0.717) is 0 Å². The van der Waals surface area contributed by atoms with E-state index in [0.717, 1.165) is 94.4 Å². The summed E-state index contributed by atoms with van der Waals surface area (Å²) < 4.78 is 15.1. The molecule has 0 spiro atoms. The lowest BCUT2D eigenvalue weighted by molar-refractivity contribution is 0.669. The minimum atomic E-state index is 0.884. The van der Waals surface area contributed by atoms with Crippen molar-refractivity contribution in [2.45, 2.75) is 0 Å². The highest BCUT2D eigenvalue weighted by molar-refractivity contribution is 6.11. The quantitative estimate of drug-likeness (QED) is 0.170. The van der Waals surface area contributed by atoms with Gasteiger partial charge in [0.1, 0.15) is 22.3 Å².